The van der Waals surface area contributed by atoms with Gasteiger partial charge in [-0.3, -0.25) is 4.79 Å². The van der Waals surface area contributed by atoms with Crippen molar-refractivity contribution in [1.82, 2.24) is 15.5 Å². The number of rotatable bonds is 6. The quantitative estimate of drug-likeness (QED) is 0.601. The van der Waals surface area contributed by atoms with Crippen LogP contribution in [0.1, 0.15) is 35.6 Å². The highest BCUT2D eigenvalue weighted by Gasteiger charge is 2.35. The summed E-state index contributed by atoms with van der Waals surface area (Å²) in [5.41, 5.74) is 3.22. The van der Waals surface area contributed by atoms with Gasteiger partial charge in [0.15, 0.2) is 0 Å². The van der Waals surface area contributed by atoms with Gasteiger partial charge >= 0.3 is 6.03 Å². The van der Waals surface area contributed by atoms with Crippen LogP contribution in [0.5, 0.6) is 0 Å². The molecule has 4 rings (SSSR count). The van der Waals surface area contributed by atoms with Gasteiger partial charge in [-0.05, 0) is 29.5 Å². The molecule has 3 aromatic rings. The third-order valence-electron chi connectivity index (χ3n) is 5.99. The molecule has 0 bridgehead atoms. The normalized spacial score (nSPS) is 18.1. The van der Waals surface area contributed by atoms with Crippen molar-refractivity contribution in [3.05, 3.63) is 108 Å². The monoisotopic (exact) mass is 427 g/mol. The molecule has 3 aromatic carbocycles. The molecule has 5 heteroatoms. The fraction of sp³-hybridized carbons (Fsp3) is 0.259. The van der Waals surface area contributed by atoms with Gasteiger partial charge in [0.2, 0.25) is 5.91 Å². The van der Waals surface area contributed by atoms with Crippen LogP contribution < -0.4 is 10.6 Å². The minimum atomic E-state index is -0.221. The van der Waals surface area contributed by atoms with E-state index >= 15 is 0 Å². The van der Waals surface area contributed by atoms with Crippen molar-refractivity contribution in [2.75, 3.05) is 6.54 Å². The molecular formula is C27H29N3O2. The van der Waals surface area contributed by atoms with Crippen molar-refractivity contribution in [1.29, 1.82) is 0 Å². The van der Waals surface area contributed by atoms with E-state index in [1.54, 1.807) is 0 Å². The number of benzene rings is 3. The maximum absolute atomic E-state index is 13.2. The van der Waals surface area contributed by atoms with E-state index in [0.29, 0.717) is 19.6 Å². The van der Waals surface area contributed by atoms with Crippen molar-refractivity contribution in [2.45, 2.75) is 32.0 Å². The van der Waals surface area contributed by atoms with Crippen molar-refractivity contribution in [2.24, 2.45) is 5.92 Å². The fourth-order valence-electron chi connectivity index (χ4n) is 4.24. The molecule has 2 atom stereocenters. The SMILES string of the molecule is O=C(NCc1ccccc1)[C@H]1CC[C@H](c2ccccc2)N(C(=O)NCc2ccccc2)C1. The summed E-state index contributed by atoms with van der Waals surface area (Å²) in [6, 6.07) is 29.6. The Morgan fingerprint density at radius 3 is 1.84 bits per heavy atom. The minimum Gasteiger partial charge on any atom is -0.352 e. The molecule has 0 saturated carbocycles. The summed E-state index contributed by atoms with van der Waals surface area (Å²) >= 11 is 0. The lowest BCUT2D eigenvalue weighted by Crippen LogP contribution is -2.50. The highest BCUT2D eigenvalue weighted by molar-refractivity contribution is 5.81. The lowest BCUT2D eigenvalue weighted by Gasteiger charge is -2.39. The zero-order valence-corrected chi connectivity index (χ0v) is 18.1. The summed E-state index contributed by atoms with van der Waals surface area (Å²) in [5.74, 6) is -0.220. The fourth-order valence-corrected chi connectivity index (χ4v) is 4.24. The average molecular weight is 428 g/mol. The van der Waals surface area contributed by atoms with Crippen LogP contribution in [-0.4, -0.2) is 23.4 Å². The van der Waals surface area contributed by atoms with Gasteiger partial charge in [0.25, 0.3) is 0 Å². The van der Waals surface area contributed by atoms with E-state index < -0.39 is 0 Å². The lowest BCUT2D eigenvalue weighted by atomic mass is 9.88. The Morgan fingerprint density at radius 1 is 0.719 bits per heavy atom. The van der Waals surface area contributed by atoms with E-state index in [9.17, 15) is 9.59 Å². The molecule has 1 saturated heterocycles. The number of nitrogens with zero attached hydrogens (tertiary/aromatic N) is 1. The molecule has 0 aromatic heterocycles. The number of amides is 3. The maximum Gasteiger partial charge on any atom is 0.318 e. The Morgan fingerprint density at radius 2 is 1.25 bits per heavy atom. The number of hydrogen-bond acceptors (Lipinski definition) is 2. The predicted octanol–water partition coefficient (Wildman–Crippen LogP) is 4.67. The molecule has 0 unspecified atom stereocenters. The molecule has 5 nitrogen and oxygen atoms in total. The molecule has 2 N–H and O–H groups in total. The summed E-state index contributed by atoms with van der Waals surface area (Å²) in [5, 5.41) is 6.08. The molecule has 0 aliphatic carbocycles. The molecule has 0 radical (unpaired) electrons. The van der Waals surface area contributed by atoms with Gasteiger partial charge in [-0.25, -0.2) is 4.79 Å². The number of nitrogens with one attached hydrogen (secondary N) is 2. The lowest BCUT2D eigenvalue weighted by molar-refractivity contribution is -0.126. The third kappa shape index (κ3) is 5.55. The van der Waals surface area contributed by atoms with Gasteiger partial charge in [-0.2, -0.15) is 0 Å². The largest absolute Gasteiger partial charge is 0.352 e. The molecule has 3 amide bonds. The van der Waals surface area contributed by atoms with Crippen LogP contribution in [0, 0.1) is 5.92 Å². The van der Waals surface area contributed by atoms with E-state index in [0.717, 1.165) is 29.5 Å². The van der Waals surface area contributed by atoms with Gasteiger partial charge in [0, 0.05) is 19.6 Å². The first-order valence-electron chi connectivity index (χ1n) is 11.2. The molecule has 0 spiro atoms. The Balaban J connectivity index is 1.43. The van der Waals surface area contributed by atoms with Crippen molar-refractivity contribution in [3.8, 4) is 0 Å². The van der Waals surface area contributed by atoms with Gasteiger partial charge in [-0.15, -0.1) is 0 Å². The standard InChI is InChI=1S/C27H29N3O2/c31-26(28-18-21-10-4-1-5-11-21)24-16-17-25(23-14-8-3-9-15-23)30(20-24)27(32)29-19-22-12-6-2-7-13-22/h1-15,24-25H,16-20H2,(H,28,31)(H,29,32)/t24-,25+/m0/s1. The van der Waals surface area contributed by atoms with Crippen LogP contribution in [0.15, 0.2) is 91.0 Å². The van der Waals surface area contributed by atoms with E-state index in [4.69, 9.17) is 0 Å². The smallest absolute Gasteiger partial charge is 0.318 e. The predicted molar refractivity (Wildman–Crippen MR) is 126 cm³/mol. The molecule has 1 aliphatic rings. The summed E-state index contributed by atoms with van der Waals surface area (Å²) in [6.07, 6.45) is 1.51. The van der Waals surface area contributed by atoms with Crippen LogP contribution >= 0.6 is 0 Å². The van der Waals surface area contributed by atoms with Crippen LogP contribution in [0.4, 0.5) is 4.79 Å². The Hall–Kier alpha value is -3.60. The molecule has 164 valence electrons. The van der Waals surface area contributed by atoms with Gasteiger partial charge in [0.1, 0.15) is 0 Å². The molecule has 1 fully saturated rings. The van der Waals surface area contributed by atoms with Crippen molar-refractivity contribution < 1.29 is 9.59 Å². The van der Waals surface area contributed by atoms with E-state index in [1.165, 1.54) is 0 Å². The van der Waals surface area contributed by atoms with Crippen LogP contribution in [-0.2, 0) is 17.9 Å². The van der Waals surface area contributed by atoms with Gasteiger partial charge in [0.05, 0.1) is 12.0 Å². The third-order valence-corrected chi connectivity index (χ3v) is 5.99. The van der Waals surface area contributed by atoms with E-state index in [1.807, 2.05) is 83.8 Å². The Labute approximate surface area is 189 Å². The second kappa shape index (κ2) is 10.6. The zero-order valence-electron chi connectivity index (χ0n) is 18.1. The summed E-state index contributed by atoms with van der Waals surface area (Å²) in [6.45, 7) is 1.36. The molecule has 1 aliphatic heterocycles. The number of likely N-dealkylation sites (tertiary alicyclic amines) is 1. The highest BCUT2D eigenvalue weighted by Crippen LogP contribution is 2.33. The number of carbonyl (C=O) groups is 2. The van der Waals surface area contributed by atoms with E-state index in [2.05, 4.69) is 22.8 Å². The first-order chi connectivity index (χ1) is 15.7. The zero-order chi connectivity index (χ0) is 22.2. The number of urea groups is 1. The number of hydrogen-bond donors (Lipinski definition) is 2. The van der Waals surface area contributed by atoms with Gasteiger partial charge < -0.3 is 15.5 Å². The number of carbonyl (C=O) groups excluding carboxylic acids is 2. The first kappa shape index (κ1) is 21.6. The first-order valence-corrected chi connectivity index (χ1v) is 11.2. The summed E-state index contributed by atoms with van der Waals surface area (Å²) in [7, 11) is 0. The second-order valence-electron chi connectivity index (χ2n) is 8.20. The Kier molecular flexibility index (Phi) is 7.18. The summed E-state index contributed by atoms with van der Waals surface area (Å²) in [4.78, 5) is 27.9. The average Bonchev–Trinajstić information content (AvgIpc) is 2.87. The molecular weight excluding hydrogens is 398 g/mol. The number of piperidine rings is 1. The molecule has 32 heavy (non-hydrogen) atoms. The minimum absolute atomic E-state index is 0.00113. The second-order valence-corrected chi connectivity index (χ2v) is 8.20. The van der Waals surface area contributed by atoms with Crippen LogP contribution in [0.3, 0.4) is 0 Å². The Bertz CT molecular complexity index is 1010. The van der Waals surface area contributed by atoms with Crippen LogP contribution in [0.2, 0.25) is 0 Å². The van der Waals surface area contributed by atoms with E-state index in [-0.39, 0.29) is 23.9 Å². The van der Waals surface area contributed by atoms with Gasteiger partial charge in [-0.1, -0.05) is 91.0 Å². The highest BCUT2D eigenvalue weighted by atomic mass is 16.2. The van der Waals surface area contributed by atoms with Crippen molar-refractivity contribution in [3.63, 3.8) is 0 Å². The maximum atomic E-state index is 13.2. The molecule has 1 heterocycles. The topological polar surface area (TPSA) is 61.4 Å². The van der Waals surface area contributed by atoms with Crippen LogP contribution in [0.25, 0.3) is 0 Å². The summed E-state index contributed by atoms with van der Waals surface area (Å²) < 4.78 is 0. The van der Waals surface area contributed by atoms with Crippen molar-refractivity contribution >= 4 is 11.9 Å².